The van der Waals surface area contributed by atoms with Crippen LogP contribution in [0.25, 0.3) is 0 Å². The van der Waals surface area contributed by atoms with Gasteiger partial charge in [0.05, 0.1) is 11.4 Å². The van der Waals surface area contributed by atoms with Crippen LogP contribution in [0.15, 0.2) is 0 Å². The summed E-state index contributed by atoms with van der Waals surface area (Å²) < 4.78 is 22.0. The number of β-amino-alcohol motifs (C(OH)–C–C–N with tert-alkyl or cyclic N) is 1. The molecule has 1 heterocycles. The van der Waals surface area contributed by atoms with Crippen molar-refractivity contribution in [3.05, 3.63) is 0 Å². The highest BCUT2D eigenvalue weighted by Gasteiger charge is 2.48. The molecular weight excluding hydrogens is 242 g/mol. The van der Waals surface area contributed by atoms with Gasteiger partial charge in [0.1, 0.15) is 9.84 Å². The number of hydrogen-bond donors (Lipinski definition) is 1. The Kier molecular flexibility index (Phi) is 3.60. The quantitative estimate of drug-likeness (QED) is 0.780. The van der Waals surface area contributed by atoms with Gasteiger partial charge in [-0.3, -0.25) is 4.79 Å². The van der Waals surface area contributed by atoms with Crippen LogP contribution in [0, 0.1) is 5.41 Å². The first-order chi connectivity index (χ1) is 7.45. The molecule has 1 N–H and O–H groups in total. The van der Waals surface area contributed by atoms with Crippen LogP contribution in [0.4, 0.5) is 0 Å². The summed E-state index contributed by atoms with van der Waals surface area (Å²) in [5.41, 5.74) is -1.29. The van der Waals surface area contributed by atoms with Gasteiger partial charge in [0.25, 0.3) is 0 Å². The molecule has 0 spiro atoms. The second-order valence-corrected chi connectivity index (χ2v) is 8.05. The maximum Gasteiger partial charge on any atom is 0.223 e. The molecule has 0 saturated carbocycles. The lowest BCUT2D eigenvalue weighted by atomic mass is 9.79. The molecule has 1 fully saturated rings. The Labute approximate surface area is 103 Å². The van der Waals surface area contributed by atoms with Crippen LogP contribution in [-0.2, 0) is 14.6 Å². The molecule has 100 valence electrons. The Hall–Kier alpha value is -0.620. The van der Waals surface area contributed by atoms with Crippen molar-refractivity contribution in [2.45, 2.75) is 32.8 Å². The molecule has 0 aliphatic carbocycles. The minimum Gasteiger partial charge on any atom is -0.388 e. The highest BCUT2D eigenvalue weighted by molar-refractivity contribution is 7.90. The second kappa shape index (κ2) is 4.24. The third-order valence-electron chi connectivity index (χ3n) is 3.58. The van der Waals surface area contributed by atoms with Crippen molar-refractivity contribution in [3.8, 4) is 0 Å². The average Bonchev–Trinajstić information content (AvgIpc) is 2.31. The van der Waals surface area contributed by atoms with Crippen molar-refractivity contribution in [2.75, 3.05) is 25.1 Å². The zero-order valence-electron chi connectivity index (χ0n) is 10.9. The molecule has 1 rings (SSSR count). The Morgan fingerprint density at radius 3 is 2.18 bits per heavy atom. The Balaban J connectivity index is 2.63. The number of carbonyl (C=O) groups is 1. The molecule has 0 unspecified atom stereocenters. The van der Waals surface area contributed by atoms with E-state index in [4.69, 9.17) is 0 Å². The van der Waals surface area contributed by atoms with E-state index in [1.54, 1.807) is 11.8 Å². The average molecular weight is 263 g/mol. The molecule has 1 saturated heterocycles. The predicted molar refractivity (Wildman–Crippen MR) is 65.3 cm³/mol. The Morgan fingerprint density at radius 2 is 1.82 bits per heavy atom. The highest BCUT2D eigenvalue weighted by Crippen LogP contribution is 2.38. The minimum atomic E-state index is -3.12. The number of hydrogen-bond acceptors (Lipinski definition) is 4. The summed E-state index contributed by atoms with van der Waals surface area (Å²) in [6.45, 7) is 6.23. The van der Waals surface area contributed by atoms with Crippen LogP contribution < -0.4 is 0 Å². The van der Waals surface area contributed by atoms with Crippen LogP contribution >= 0.6 is 0 Å². The first-order valence-corrected chi connectivity index (χ1v) is 7.69. The number of aliphatic hydroxyl groups is 1. The van der Waals surface area contributed by atoms with Gasteiger partial charge in [-0.05, 0) is 6.92 Å². The number of sulfone groups is 1. The van der Waals surface area contributed by atoms with E-state index in [1.807, 2.05) is 13.8 Å². The topological polar surface area (TPSA) is 74.7 Å². The monoisotopic (exact) mass is 263 g/mol. The third kappa shape index (κ3) is 3.42. The van der Waals surface area contributed by atoms with Crippen LogP contribution in [0.3, 0.4) is 0 Å². The summed E-state index contributed by atoms with van der Waals surface area (Å²) in [5.74, 6) is -0.341. The fourth-order valence-corrected chi connectivity index (χ4v) is 2.44. The van der Waals surface area contributed by atoms with E-state index in [2.05, 4.69) is 0 Å². The smallest absolute Gasteiger partial charge is 0.223 e. The molecule has 0 aromatic rings. The lowest BCUT2D eigenvalue weighted by Gasteiger charge is -2.30. The summed E-state index contributed by atoms with van der Waals surface area (Å²) >= 11 is 0. The van der Waals surface area contributed by atoms with Gasteiger partial charge in [0, 0.05) is 31.2 Å². The Bertz CT molecular complexity index is 395. The lowest BCUT2D eigenvalue weighted by molar-refractivity contribution is -0.130. The molecule has 1 atom stereocenters. The van der Waals surface area contributed by atoms with E-state index >= 15 is 0 Å². The molecule has 5 nitrogen and oxygen atoms in total. The molecule has 1 amide bonds. The molecule has 0 aromatic carbocycles. The highest BCUT2D eigenvalue weighted by atomic mass is 32.2. The molecule has 0 bridgehead atoms. The van der Waals surface area contributed by atoms with Crippen molar-refractivity contribution < 1.29 is 18.3 Å². The number of amides is 1. The van der Waals surface area contributed by atoms with Gasteiger partial charge in [0.2, 0.25) is 5.91 Å². The molecule has 6 heteroatoms. The molecule has 1 aliphatic rings. The van der Waals surface area contributed by atoms with Crippen molar-refractivity contribution in [1.82, 2.24) is 4.90 Å². The first-order valence-electron chi connectivity index (χ1n) is 5.62. The van der Waals surface area contributed by atoms with E-state index < -0.39 is 15.4 Å². The second-order valence-electron chi connectivity index (χ2n) is 5.79. The summed E-state index contributed by atoms with van der Waals surface area (Å²) in [6.07, 6.45) is 1.11. The SMILES string of the molecule is CC1(C)CN(C(=O)CCS(C)(=O)=O)C[C@]1(C)O. The van der Waals surface area contributed by atoms with E-state index in [-0.39, 0.29) is 30.0 Å². The zero-order valence-corrected chi connectivity index (χ0v) is 11.7. The van der Waals surface area contributed by atoms with Crippen LogP contribution in [0.2, 0.25) is 0 Å². The number of likely N-dealkylation sites (tertiary alicyclic amines) is 1. The van der Waals surface area contributed by atoms with Gasteiger partial charge < -0.3 is 10.0 Å². The van der Waals surface area contributed by atoms with Crippen molar-refractivity contribution in [3.63, 3.8) is 0 Å². The van der Waals surface area contributed by atoms with Gasteiger partial charge in [-0.25, -0.2) is 8.42 Å². The molecule has 17 heavy (non-hydrogen) atoms. The van der Waals surface area contributed by atoms with E-state index in [0.29, 0.717) is 6.54 Å². The van der Waals surface area contributed by atoms with Gasteiger partial charge >= 0.3 is 0 Å². The van der Waals surface area contributed by atoms with Gasteiger partial charge in [0.15, 0.2) is 0 Å². The van der Waals surface area contributed by atoms with Gasteiger partial charge in [-0.2, -0.15) is 0 Å². The van der Waals surface area contributed by atoms with E-state index in [0.717, 1.165) is 6.26 Å². The predicted octanol–water partition coefficient (Wildman–Crippen LogP) is 0.0405. The number of nitrogens with zero attached hydrogens (tertiary/aromatic N) is 1. The van der Waals surface area contributed by atoms with Crippen molar-refractivity contribution in [2.24, 2.45) is 5.41 Å². The fraction of sp³-hybridized carbons (Fsp3) is 0.909. The standard InChI is InChI=1S/C11H21NO4S/c1-10(2)7-12(8-11(10,3)14)9(13)5-6-17(4,15)16/h14H,5-8H2,1-4H3/t11-/m0/s1. The number of carbonyl (C=O) groups excluding carboxylic acids is 1. The van der Waals surface area contributed by atoms with E-state index in [1.165, 1.54) is 0 Å². The normalized spacial score (nSPS) is 28.4. The van der Waals surface area contributed by atoms with Crippen LogP contribution in [0.1, 0.15) is 27.2 Å². The first kappa shape index (κ1) is 14.4. The molecule has 0 radical (unpaired) electrons. The summed E-state index contributed by atoms with van der Waals surface area (Å²) in [6, 6.07) is 0. The third-order valence-corrected chi connectivity index (χ3v) is 4.53. The van der Waals surface area contributed by atoms with E-state index in [9.17, 15) is 18.3 Å². The molecule has 1 aliphatic heterocycles. The minimum absolute atomic E-state index is 0.00894. The maximum absolute atomic E-state index is 11.8. The lowest BCUT2D eigenvalue weighted by Crippen LogP contribution is -2.40. The van der Waals surface area contributed by atoms with Crippen LogP contribution in [0.5, 0.6) is 0 Å². The molecule has 0 aromatic heterocycles. The maximum atomic E-state index is 11.8. The largest absolute Gasteiger partial charge is 0.388 e. The summed E-state index contributed by atoms with van der Waals surface area (Å²) in [7, 11) is -3.12. The fourth-order valence-electron chi connectivity index (χ4n) is 1.90. The summed E-state index contributed by atoms with van der Waals surface area (Å²) in [5, 5.41) is 10.2. The Morgan fingerprint density at radius 1 is 1.29 bits per heavy atom. The van der Waals surface area contributed by atoms with Crippen molar-refractivity contribution >= 4 is 15.7 Å². The molecular formula is C11H21NO4S. The van der Waals surface area contributed by atoms with Crippen molar-refractivity contribution in [1.29, 1.82) is 0 Å². The van der Waals surface area contributed by atoms with Crippen LogP contribution in [-0.4, -0.2) is 55.0 Å². The van der Waals surface area contributed by atoms with Gasteiger partial charge in [-0.15, -0.1) is 0 Å². The number of rotatable bonds is 3. The summed E-state index contributed by atoms with van der Waals surface area (Å²) in [4.78, 5) is 13.4. The zero-order chi connectivity index (χ0) is 13.5. The van der Waals surface area contributed by atoms with Gasteiger partial charge in [-0.1, -0.05) is 13.8 Å².